The monoisotopic (exact) mass is 382 g/mol. The van der Waals surface area contributed by atoms with Gasteiger partial charge in [0.1, 0.15) is 0 Å². The predicted molar refractivity (Wildman–Crippen MR) is 115 cm³/mol. The lowest BCUT2D eigenvalue weighted by Crippen LogP contribution is -2.36. The number of para-hydroxylation sites is 1. The Balaban J connectivity index is 1.88. The Hall–Kier alpha value is -2.16. The highest BCUT2D eigenvalue weighted by Gasteiger charge is 2.21. The molecule has 1 heterocycles. The van der Waals surface area contributed by atoms with Gasteiger partial charge in [0.25, 0.3) is 0 Å². The van der Waals surface area contributed by atoms with Crippen molar-refractivity contribution in [1.29, 1.82) is 0 Å². The summed E-state index contributed by atoms with van der Waals surface area (Å²) >= 11 is 0. The molecule has 28 heavy (non-hydrogen) atoms. The zero-order valence-electron chi connectivity index (χ0n) is 17.6. The van der Waals surface area contributed by atoms with Gasteiger partial charge >= 0.3 is 5.97 Å². The molecule has 0 spiro atoms. The summed E-state index contributed by atoms with van der Waals surface area (Å²) in [5.41, 5.74) is 3.52. The molecular weight excluding hydrogens is 346 g/mol. The molecule has 0 bridgehead atoms. The summed E-state index contributed by atoms with van der Waals surface area (Å²) in [5.74, 6) is -0.828. The quantitative estimate of drug-likeness (QED) is 0.320. The maximum absolute atomic E-state index is 11.7. The standard InChI is InChI=1S/C25H35NO2/c1-3-4-5-6-7-8-9-10-11-15-18-23-21(2)26(20-19-24(23)25(27)28)22-16-13-12-14-17-22/h12-14,16-17,19-20H,3-11,15,18H2,1-2H3/p+1. The Morgan fingerprint density at radius 1 is 0.857 bits per heavy atom. The van der Waals surface area contributed by atoms with Gasteiger partial charge in [-0.3, -0.25) is 0 Å². The van der Waals surface area contributed by atoms with E-state index >= 15 is 0 Å². The number of hydrogen-bond acceptors (Lipinski definition) is 1. The fraction of sp³-hybridized carbons (Fsp3) is 0.520. The maximum atomic E-state index is 11.7. The second-order valence-electron chi connectivity index (χ2n) is 7.74. The average molecular weight is 383 g/mol. The molecule has 152 valence electrons. The third kappa shape index (κ3) is 6.78. The van der Waals surface area contributed by atoms with Crippen molar-refractivity contribution in [3.8, 4) is 5.69 Å². The number of aromatic nitrogens is 1. The molecule has 0 radical (unpaired) electrons. The van der Waals surface area contributed by atoms with E-state index < -0.39 is 5.97 Å². The summed E-state index contributed by atoms with van der Waals surface area (Å²) in [5, 5.41) is 9.60. The summed E-state index contributed by atoms with van der Waals surface area (Å²) in [6, 6.07) is 11.9. The van der Waals surface area contributed by atoms with Crippen molar-refractivity contribution in [2.45, 2.75) is 84.5 Å². The number of unbranched alkanes of at least 4 members (excludes halogenated alkanes) is 9. The first-order valence-corrected chi connectivity index (χ1v) is 11.0. The first-order chi connectivity index (χ1) is 13.6. The molecule has 0 aliphatic rings. The van der Waals surface area contributed by atoms with Crippen LogP contribution in [0.1, 0.15) is 92.7 Å². The lowest BCUT2D eigenvalue weighted by atomic mass is 9.98. The fourth-order valence-electron chi connectivity index (χ4n) is 3.88. The van der Waals surface area contributed by atoms with Crippen molar-refractivity contribution < 1.29 is 14.5 Å². The highest BCUT2D eigenvalue weighted by atomic mass is 16.4. The number of carboxylic acids is 1. The lowest BCUT2D eigenvalue weighted by molar-refractivity contribution is -0.603. The van der Waals surface area contributed by atoms with Gasteiger partial charge in [0, 0.05) is 30.7 Å². The molecule has 2 aromatic rings. The highest BCUT2D eigenvalue weighted by Crippen LogP contribution is 2.18. The van der Waals surface area contributed by atoms with Gasteiger partial charge in [-0.15, -0.1) is 0 Å². The van der Waals surface area contributed by atoms with E-state index in [0.717, 1.165) is 29.8 Å². The smallest absolute Gasteiger partial charge is 0.336 e. The van der Waals surface area contributed by atoms with Crippen LogP contribution in [0.4, 0.5) is 0 Å². The van der Waals surface area contributed by atoms with Gasteiger partial charge in [-0.25, -0.2) is 4.79 Å². The molecule has 0 aliphatic heterocycles. The molecule has 1 N–H and O–H groups in total. The second-order valence-corrected chi connectivity index (χ2v) is 7.74. The van der Waals surface area contributed by atoms with Gasteiger partial charge in [-0.05, 0) is 12.8 Å². The number of hydrogen-bond donors (Lipinski definition) is 1. The lowest BCUT2D eigenvalue weighted by Gasteiger charge is -2.09. The molecule has 0 aliphatic carbocycles. The first kappa shape index (κ1) is 22.1. The Kier molecular flexibility index (Phi) is 9.74. The molecule has 0 atom stereocenters. The Morgan fingerprint density at radius 2 is 1.43 bits per heavy atom. The molecule has 1 aromatic heterocycles. The Morgan fingerprint density at radius 3 is 2.00 bits per heavy atom. The zero-order chi connectivity index (χ0) is 20.2. The topological polar surface area (TPSA) is 41.2 Å². The largest absolute Gasteiger partial charge is 0.478 e. The fourth-order valence-corrected chi connectivity index (χ4v) is 3.88. The van der Waals surface area contributed by atoms with Gasteiger partial charge < -0.3 is 5.11 Å². The van der Waals surface area contributed by atoms with Crippen LogP contribution in [-0.2, 0) is 6.42 Å². The summed E-state index contributed by atoms with van der Waals surface area (Å²) < 4.78 is 2.10. The van der Waals surface area contributed by atoms with Gasteiger partial charge in [0.15, 0.2) is 11.9 Å². The van der Waals surface area contributed by atoms with Gasteiger partial charge in [0.05, 0.1) is 5.56 Å². The van der Waals surface area contributed by atoms with Crippen LogP contribution < -0.4 is 4.57 Å². The Bertz CT molecular complexity index is 725. The van der Waals surface area contributed by atoms with E-state index in [1.807, 2.05) is 31.3 Å². The van der Waals surface area contributed by atoms with E-state index in [1.54, 1.807) is 6.07 Å². The van der Waals surface area contributed by atoms with E-state index in [2.05, 4.69) is 23.6 Å². The van der Waals surface area contributed by atoms with E-state index in [1.165, 1.54) is 57.8 Å². The van der Waals surface area contributed by atoms with Gasteiger partial charge in [-0.1, -0.05) is 82.9 Å². The molecule has 0 fully saturated rings. The number of rotatable bonds is 13. The summed E-state index contributed by atoms with van der Waals surface area (Å²) in [7, 11) is 0. The molecule has 1 aromatic carbocycles. The van der Waals surface area contributed by atoms with Crippen LogP contribution in [0.2, 0.25) is 0 Å². The van der Waals surface area contributed by atoms with Crippen LogP contribution in [0.25, 0.3) is 5.69 Å². The number of benzene rings is 1. The van der Waals surface area contributed by atoms with E-state index in [0.29, 0.717) is 5.56 Å². The van der Waals surface area contributed by atoms with Crippen LogP contribution in [0.3, 0.4) is 0 Å². The van der Waals surface area contributed by atoms with E-state index in [-0.39, 0.29) is 0 Å². The molecule has 0 saturated carbocycles. The van der Waals surface area contributed by atoms with Crippen molar-refractivity contribution in [1.82, 2.24) is 0 Å². The summed E-state index contributed by atoms with van der Waals surface area (Å²) in [4.78, 5) is 11.7. The number of carbonyl (C=O) groups is 1. The van der Waals surface area contributed by atoms with Crippen LogP contribution in [-0.4, -0.2) is 11.1 Å². The average Bonchev–Trinajstić information content (AvgIpc) is 2.70. The minimum atomic E-state index is -0.828. The Labute approximate surface area is 170 Å². The van der Waals surface area contributed by atoms with Crippen LogP contribution in [0.15, 0.2) is 42.6 Å². The summed E-state index contributed by atoms with van der Waals surface area (Å²) in [6.07, 6.45) is 15.6. The zero-order valence-corrected chi connectivity index (χ0v) is 17.6. The predicted octanol–water partition coefficient (Wildman–Crippen LogP) is 6.43. The minimum absolute atomic E-state index is 0.445. The van der Waals surface area contributed by atoms with Crippen LogP contribution in [0, 0.1) is 6.92 Å². The molecular formula is C25H36NO2+. The molecule has 0 unspecified atom stereocenters. The maximum Gasteiger partial charge on any atom is 0.336 e. The third-order valence-electron chi connectivity index (χ3n) is 5.56. The highest BCUT2D eigenvalue weighted by molar-refractivity contribution is 5.89. The third-order valence-corrected chi connectivity index (χ3v) is 5.56. The van der Waals surface area contributed by atoms with Crippen molar-refractivity contribution in [2.75, 3.05) is 0 Å². The minimum Gasteiger partial charge on any atom is -0.478 e. The molecule has 3 nitrogen and oxygen atoms in total. The van der Waals surface area contributed by atoms with E-state index in [9.17, 15) is 9.90 Å². The van der Waals surface area contributed by atoms with Crippen LogP contribution >= 0.6 is 0 Å². The molecule has 0 saturated heterocycles. The van der Waals surface area contributed by atoms with Crippen molar-refractivity contribution in [3.05, 3.63) is 59.4 Å². The van der Waals surface area contributed by atoms with Crippen molar-refractivity contribution in [2.24, 2.45) is 0 Å². The van der Waals surface area contributed by atoms with Gasteiger partial charge in [-0.2, -0.15) is 4.57 Å². The van der Waals surface area contributed by atoms with Gasteiger partial charge in [0.2, 0.25) is 5.69 Å². The first-order valence-electron chi connectivity index (χ1n) is 11.0. The normalized spacial score (nSPS) is 10.9. The molecule has 0 amide bonds. The number of pyridine rings is 1. The number of aromatic carboxylic acids is 1. The van der Waals surface area contributed by atoms with E-state index in [4.69, 9.17) is 0 Å². The van der Waals surface area contributed by atoms with Crippen molar-refractivity contribution in [3.63, 3.8) is 0 Å². The van der Waals surface area contributed by atoms with Crippen molar-refractivity contribution >= 4 is 5.97 Å². The van der Waals surface area contributed by atoms with Crippen LogP contribution in [0.5, 0.6) is 0 Å². The number of nitrogens with zero attached hydrogens (tertiary/aromatic N) is 1. The second kappa shape index (κ2) is 12.3. The molecule has 2 rings (SSSR count). The SMILES string of the molecule is CCCCCCCCCCCCc1c(C(=O)O)cc[n+](-c2ccccc2)c1C. The summed E-state index contributed by atoms with van der Waals surface area (Å²) in [6.45, 7) is 4.29. The number of carboxylic acid groups (broad SMARTS) is 1. The molecule has 3 heteroatoms.